The van der Waals surface area contributed by atoms with E-state index in [1.807, 2.05) is 0 Å². The zero-order valence-corrected chi connectivity index (χ0v) is 13.1. The minimum atomic E-state index is -0.237. The molecule has 2 heteroatoms. The second-order valence-corrected chi connectivity index (χ2v) is 15.2. The molecule has 2 saturated carbocycles. The molecule has 88 valence electrons. The van der Waals surface area contributed by atoms with Gasteiger partial charge in [0.2, 0.25) is 0 Å². The quantitative estimate of drug-likeness (QED) is 0.661. The van der Waals surface area contributed by atoms with E-state index < -0.39 is 0 Å². The molecule has 0 bridgehead atoms. The molecular formula is C13H28Si2. The van der Waals surface area contributed by atoms with Crippen molar-refractivity contribution in [3.8, 4) is 0 Å². The summed E-state index contributed by atoms with van der Waals surface area (Å²) in [6.07, 6.45) is 16.0. The van der Waals surface area contributed by atoms with E-state index in [0.717, 1.165) is 0 Å². The Morgan fingerprint density at radius 1 is 0.733 bits per heavy atom. The molecule has 0 heterocycles. The average Bonchev–Trinajstić information content (AvgIpc) is 2.33. The van der Waals surface area contributed by atoms with Crippen LogP contribution in [0.15, 0.2) is 0 Å². The maximum atomic E-state index is 2.64. The molecule has 0 unspecified atom stereocenters. The van der Waals surface area contributed by atoms with Crippen LogP contribution in [-0.2, 0) is 0 Å². The summed E-state index contributed by atoms with van der Waals surface area (Å²) in [5.41, 5.74) is 2.61. The van der Waals surface area contributed by atoms with Crippen LogP contribution in [-0.4, -0.2) is 17.4 Å². The number of rotatable bonds is 3. The molecule has 2 fully saturated rings. The van der Waals surface area contributed by atoms with Crippen LogP contribution in [0.4, 0.5) is 0 Å². The van der Waals surface area contributed by atoms with Crippen molar-refractivity contribution in [2.75, 3.05) is 0 Å². The molecule has 2 aliphatic carbocycles. The summed E-state index contributed by atoms with van der Waals surface area (Å²) in [7, 11) is 0.140. The van der Waals surface area contributed by atoms with Gasteiger partial charge in [0.05, 0.1) is 0 Å². The predicted molar refractivity (Wildman–Crippen MR) is 75.2 cm³/mol. The molecule has 0 amide bonds. The molecule has 0 radical (unpaired) electrons. The smallest absolute Gasteiger partial charge is 0.0301 e. The van der Waals surface area contributed by atoms with Crippen molar-refractivity contribution in [1.29, 1.82) is 0 Å². The molecule has 15 heavy (non-hydrogen) atoms. The van der Waals surface area contributed by atoms with Gasteiger partial charge in [-0.25, -0.2) is 0 Å². The fraction of sp³-hybridized carbons (Fsp3) is 1.00. The second-order valence-electron chi connectivity index (χ2n) is 5.87. The third-order valence-electron chi connectivity index (χ3n) is 4.98. The molecule has 0 aromatic heterocycles. The Hall–Kier alpha value is 0.434. The highest BCUT2D eigenvalue weighted by Gasteiger charge is 2.30. The van der Waals surface area contributed by atoms with Gasteiger partial charge < -0.3 is 0 Å². The third-order valence-corrected chi connectivity index (χ3v) is 16.5. The van der Waals surface area contributed by atoms with Gasteiger partial charge in [0.25, 0.3) is 0 Å². The Morgan fingerprint density at radius 3 is 1.47 bits per heavy atom. The molecule has 2 aliphatic rings. The lowest BCUT2D eigenvalue weighted by atomic mass is 9.99. The van der Waals surface area contributed by atoms with E-state index >= 15 is 0 Å². The lowest BCUT2D eigenvalue weighted by Crippen LogP contribution is -2.34. The highest BCUT2D eigenvalue weighted by molar-refractivity contribution is 7.13. The van der Waals surface area contributed by atoms with E-state index in [1.54, 1.807) is 64.2 Å². The molecular weight excluding hydrogens is 212 g/mol. The maximum Gasteiger partial charge on any atom is 0.0301 e. The topological polar surface area (TPSA) is 0 Å². The van der Waals surface area contributed by atoms with E-state index in [4.69, 9.17) is 0 Å². The highest BCUT2D eigenvalue weighted by Crippen LogP contribution is 2.40. The van der Waals surface area contributed by atoms with Crippen molar-refractivity contribution in [3.63, 3.8) is 0 Å². The molecule has 0 spiro atoms. The van der Waals surface area contributed by atoms with E-state index in [-0.39, 0.29) is 8.31 Å². The van der Waals surface area contributed by atoms with E-state index in [2.05, 4.69) is 6.55 Å². The van der Waals surface area contributed by atoms with E-state index in [9.17, 15) is 0 Å². The first-order valence-corrected chi connectivity index (χ1v) is 13.4. The van der Waals surface area contributed by atoms with Gasteiger partial charge in [-0.2, -0.15) is 0 Å². The van der Waals surface area contributed by atoms with Gasteiger partial charge >= 0.3 is 0 Å². The second kappa shape index (κ2) is 6.24. The van der Waals surface area contributed by atoms with Gasteiger partial charge in [-0.05, 0) is 0 Å². The molecule has 0 atom stereocenters. The first kappa shape index (κ1) is 11.9. The van der Waals surface area contributed by atoms with Crippen LogP contribution in [0.5, 0.6) is 0 Å². The van der Waals surface area contributed by atoms with Gasteiger partial charge in [-0.3, -0.25) is 0 Å². The van der Waals surface area contributed by atoms with Gasteiger partial charge in [-0.15, -0.1) is 0 Å². The summed E-state index contributed by atoms with van der Waals surface area (Å²) in [6.45, 7) is 2.64. The van der Waals surface area contributed by atoms with Crippen molar-refractivity contribution in [3.05, 3.63) is 0 Å². The maximum absolute atomic E-state index is 2.64. The van der Waals surface area contributed by atoms with Crippen LogP contribution in [0.2, 0.25) is 17.6 Å². The predicted octanol–water partition coefficient (Wildman–Crippen LogP) is 3.60. The summed E-state index contributed by atoms with van der Waals surface area (Å²) in [5, 5.41) is 0. The minimum Gasteiger partial charge on any atom is -0.0768 e. The Balaban J connectivity index is 1.88. The van der Waals surface area contributed by atoms with E-state index in [0.29, 0.717) is 9.04 Å². The Bertz CT molecular complexity index is 151. The summed E-state index contributed by atoms with van der Waals surface area (Å²) >= 11 is 0. The van der Waals surface area contributed by atoms with Crippen molar-refractivity contribution < 1.29 is 0 Å². The Labute approximate surface area is 99.4 Å². The van der Waals surface area contributed by atoms with Gasteiger partial charge in [-0.1, -0.05) is 81.8 Å². The average molecular weight is 241 g/mol. The standard InChI is InChI=1S/C13H28Si2/c1-14-15(12-8-4-2-5-9-12)13-10-6-3-7-11-13/h12-13,15H,2-11,14H2,1H3. The summed E-state index contributed by atoms with van der Waals surface area (Å²) in [5.74, 6) is 0. The summed E-state index contributed by atoms with van der Waals surface area (Å²) < 4.78 is 0. The van der Waals surface area contributed by atoms with Gasteiger partial charge in [0.1, 0.15) is 0 Å². The SMILES string of the molecule is C[SiH2][SiH](C1CCCCC1)C1CCCCC1. The van der Waals surface area contributed by atoms with Crippen LogP contribution in [0.1, 0.15) is 64.2 Å². The van der Waals surface area contributed by atoms with Crippen LogP contribution in [0.3, 0.4) is 0 Å². The van der Waals surface area contributed by atoms with Crippen molar-refractivity contribution in [1.82, 2.24) is 0 Å². The Morgan fingerprint density at radius 2 is 1.13 bits per heavy atom. The Kier molecular flexibility index (Phi) is 4.95. The zero-order chi connectivity index (χ0) is 10.5. The summed E-state index contributed by atoms with van der Waals surface area (Å²) in [6, 6.07) is 0. The molecule has 0 aromatic rings. The van der Waals surface area contributed by atoms with Crippen LogP contribution in [0, 0.1) is 0 Å². The minimum absolute atomic E-state index is 0.237. The lowest BCUT2D eigenvalue weighted by Gasteiger charge is -2.36. The normalized spacial score (nSPS) is 26.8. The largest absolute Gasteiger partial charge is 0.0768 e. The van der Waals surface area contributed by atoms with E-state index in [1.165, 1.54) is 11.1 Å². The molecule has 0 nitrogen and oxygen atoms in total. The molecule has 0 N–H and O–H groups in total. The number of hydrogen-bond acceptors (Lipinski definition) is 0. The lowest BCUT2D eigenvalue weighted by molar-refractivity contribution is 0.467. The molecule has 0 aliphatic heterocycles. The fourth-order valence-electron chi connectivity index (χ4n) is 4.18. The van der Waals surface area contributed by atoms with Crippen molar-refractivity contribution >= 4 is 17.4 Å². The fourth-order valence-corrected chi connectivity index (χ4v) is 15.8. The van der Waals surface area contributed by atoms with Crippen molar-refractivity contribution in [2.24, 2.45) is 0 Å². The summed E-state index contributed by atoms with van der Waals surface area (Å²) in [4.78, 5) is 0. The number of hydrogen-bond donors (Lipinski definition) is 0. The highest BCUT2D eigenvalue weighted by atomic mass is 29.2. The molecule has 2 rings (SSSR count). The monoisotopic (exact) mass is 240 g/mol. The first-order valence-electron chi connectivity index (χ1n) is 7.42. The first-order chi connectivity index (χ1) is 7.42. The van der Waals surface area contributed by atoms with Crippen LogP contribution < -0.4 is 0 Å². The van der Waals surface area contributed by atoms with Gasteiger partial charge in [0.15, 0.2) is 0 Å². The zero-order valence-electron chi connectivity index (χ0n) is 10.5. The molecule has 0 aromatic carbocycles. The van der Waals surface area contributed by atoms with Crippen LogP contribution >= 0.6 is 0 Å². The van der Waals surface area contributed by atoms with Crippen LogP contribution in [0.25, 0.3) is 0 Å². The van der Waals surface area contributed by atoms with Gasteiger partial charge in [0, 0.05) is 17.4 Å². The molecule has 0 saturated heterocycles. The third kappa shape index (κ3) is 3.19. The van der Waals surface area contributed by atoms with Crippen molar-refractivity contribution in [2.45, 2.75) is 81.8 Å².